The van der Waals surface area contributed by atoms with Gasteiger partial charge >= 0.3 is 12.1 Å². The second kappa shape index (κ2) is 8.42. The average molecular weight is 425 g/mol. The SMILES string of the molecule is Cn1cc(N2CC3(CCN(Cc4cccnc4)C3)CC2=O)cn1.O=C(O)C(F)(F)F. The van der Waals surface area contributed by atoms with E-state index in [1.54, 1.807) is 17.1 Å². The smallest absolute Gasteiger partial charge is 0.475 e. The van der Waals surface area contributed by atoms with E-state index in [1.165, 1.54) is 5.56 Å². The lowest BCUT2D eigenvalue weighted by Gasteiger charge is -2.23. The number of alkyl halides is 3. The molecule has 1 N–H and O–H groups in total. The number of likely N-dealkylation sites (tertiary alicyclic amines) is 1. The van der Waals surface area contributed by atoms with Gasteiger partial charge in [0.1, 0.15) is 0 Å². The van der Waals surface area contributed by atoms with Crippen molar-refractivity contribution in [2.45, 2.75) is 25.6 Å². The fraction of sp³-hybridized carbons (Fsp3) is 0.474. The summed E-state index contributed by atoms with van der Waals surface area (Å²) in [5.74, 6) is -2.53. The van der Waals surface area contributed by atoms with Crippen molar-refractivity contribution in [1.82, 2.24) is 19.7 Å². The number of hydrogen-bond acceptors (Lipinski definition) is 5. The van der Waals surface area contributed by atoms with E-state index in [0.29, 0.717) is 6.42 Å². The number of aromatic nitrogens is 3. The Labute approximate surface area is 170 Å². The third-order valence-electron chi connectivity index (χ3n) is 5.21. The number of halogens is 3. The highest BCUT2D eigenvalue weighted by molar-refractivity contribution is 5.96. The molecule has 0 aliphatic carbocycles. The van der Waals surface area contributed by atoms with E-state index in [2.05, 4.69) is 21.0 Å². The maximum absolute atomic E-state index is 12.5. The van der Waals surface area contributed by atoms with Crippen molar-refractivity contribution in [2.24, 2.45) is 12.5 Å². The second-order valence-electron chi connectivity index (χ2n) is 7.65. The normalized spacial score (nSPS) is 21.7. The molecule has 2 aliphatic rings. The Kier molecular flexibility index (Phi) is 6.11. The van der Waals surface area contributed by atoms with E-state index in [9.17, 15) is 18.0 Å². The summed E-state index contributed by atoms with van der Waals surface area (Å²) in [6, 6.07) is 4.09. The van der Waals surface area contributed by atoms with Gasteiger partial charge < -0.3 is 10.0 Å². The molecular weight excluding hydrogens is 403 g/mol. The molecule has 1 amide bonds. The first kappa shape index (κ1) is 21.8. The molecule has 162 valence electrons. The van der Waals surface area contributed by atoms with Gasteiger partial charge in [0, 0.05) is 57.1 Å². The lowest BCUT2D eigenvalue weighted by Crippen LogP contribution is -2.31. The molecule has 11 heteroatoms. The molecule has 4 rings (SSSR count). The van der Waals surface area contributed by atoms with Crippen molar-refractivity contribution in [2.75, 3.05) is 24.5 Å². The summed E-state index contributed by atoms with van der Waals surface area (Å²) in [5, 5.41) is 11.3. The maximum Gasteiger partial charge on any atom is 0.490 e. The Morgan fingerprint density at radius 3 is 2.60 bits per heavy atom. The van der Waals surface area contributed by atoms with Gasteiger partial charge in [-0.2, -0.15) is 18.3 Å². The first-order valence-electron chi connectivity index (χ1n) is 9.28. The van der Waals surface area contributed by atoms with E-state index in [1.807, 2.05) is 30.4 Å². The van der Waals surface area contributed by atoms with Gasteiger partial charge in [-0.3, -0.25) is 19.4 Å². The lowest BCUT2D eigenvalue weighted by atomic mass is 9.86. The highest BCUT2D eigenvalue weighted by Gasteiger charge is 2.47. The molecule has 8 nitrogen and oxygen atoms in total. The summed E-state index contributed by atoms with van der Waals surface area (Å²) >= 11 is 0. The van der Waals surface area contributed by atoms with Crippen LogP contribution in [-0.2, 0) is 23.2 Å². The van der Waals surface area contributed by atoms with Crippen molar-refractivity contribution < 1.29 is 27.9 Å². The molecule has 0 radical (unpaired) electrons. The average Bonchev–Trinajstić information content (AvgIpc) is 3.35. The van der Waals surface area contributed by atoms with Crippen LogP contribution in [0.15, 0.2) is 36.9 Å². The number of aliphatic carboxylic acids is 1. The van der Waals surface area contributed by atoms with Crippen LogP contribution in [0.4, 0.5) is 18.9 Å². The molecule has 30 heavy (non-hydrogen) atoms. The highest BCUT2D eigenvalue weighted by Crippen LogP contribution is 2.42. The van der Waals surface area contributed by atoms with Crippen LogP contribution in [0.5, 0.6) is 0 Å². The molecule has 2 fully saturated rings. The van der Waals surface area contributed by atoms with Gasteiger partial charge in [-0.15, -0.1) is 0 Å². The van der Waals surface area contributed by atoms with E-state index in [-0.39, 0.29) is 11.3 Å². The van der Waals surface area contributed by atoms with E-state index < -0.39 is 12.1 Å². The molecule has 4 heterocycles. The molecule has 1 unspecified atom stereocenters. The van der Waals surface area contributed by atoms with Crippen LogP contribution in [0.3, 0.4) is 0 Å². The predicted octanol–water partition coefficient (Wildman–Crippen LogP) is 2.08. The molecule has 2 aromatic rings. The summed E-state index contributed by atoms with van der Waals surface area (Å²) in [5.41, 5.74) is 2.24. The quantitative estimate of drug-likeness (QED) is 0.810. The number of aryl methyl sites for hydroxylation is 1. The molecule has 2 aliphatic heterocycles. The largest absolute Gasteiger partial charge is 0.490 e. The minimum atomic E-state index is -5.08. The summed E-state index contributed by atoms with van der Waals surface area (Å²) in [7, 11) is 1.88. The minimum absolute atomic E-state index is 0.0924. The van der Waals surface area contributed by atoms with Gasteiger partial charge in [-0.05, 0) is 24.6 Å². The summed E-state index contributed by atoms with van der Waals surface area (Å²) in [6.45, 7) is 3.74. The second-order valence-corrected chi connectivity index (χ2v) is 7.65. The standard InChI is InChI=1S/C17H21N5O.C2HF3O2/c1-20-11-15(9-19-20)22-13-17(7-16(22)23)4-6-21(12-17)10-14-3-2-5-18-8-14;3-2(4,5)1(6)7/h2-3,5,8-9,11H,4,6-7,10,12-13H2,1H3;(H,6,7). The van der Waals surface area contributed by atoms with Crippen LogP contribution in [0.1, 0.15) is 18.4 Å². The Morgan fingerprint density at radius 1 is 1.30 bits per heavy atom. The number of amides is 1. The van der Waals surface area contributed by atoms with E-state index in [0.717, 1.165) is 38.3 Å². The summed E-state index contributed by atoms with van der Waals surface area (Å²) in [6.07, 6.45) is 4.06. The first-order valence-corrected chi connectivity index (χ1v) is 9.28. The van der Waals surface area contributed by atoms with E-state index in [4.69, 9.17) is 9.90 Å². The molecule has 2 aromatic heterocycles. The zero-order valence-electron chi connectivity index (χ0n) is 16.3. The Bertz CT molecular complexity index is 902. The number of anilines is 1. The molecule has 1 atom stereocenters. The van der Waals surface area contributed by atoms with Crippen molar-refractivity contribution in [3.63, 3.8) is 0 Å². The van der Waals surface area contributed by atoms with Crippen LogP contribution in [0, 0.1) is 5.41 Å². The Balaban J connectivity index is 0.000000318. The van der Waals surface area contributed by atoms with Gasteiger partial charge in [0.05, 0.1) is 11.9 Å². The topological polar surface area (TPSA) is 91.6 Å². The lowest BCUT2D eigenvalue weighted by molar-refractivity contribution is -0.192. The highest BCUT2D eigenvalue weighted by atomic mass is 19.4. The number of pyridine rings is 1. The zero-order valence-corrected chi connectivity index (χ0v) is 16.3. The summed E-state index contributed by atoms with van der Waals surface area (Å²) < 4.78 is 33.5. The van der Waals surface area contributed by atoms with Crippen LogP contribution in [-0.4, -0.2) is 62.5 Å². The van der Waals surface area contributed by atoms with Gasteiger partial charge in [-0.1, -0.05) is 6.07 Å². The predicted molar refractivity (Wildman–Crippen MR) is 100 cm³/mol. The fourth-order valence-electron chi connectivity index (χ4n) is 3.86. The molecule has 0 aromatic carbocycles. The van der Waals surface area contributed by atoms with Crippen LogP contribution in [0.25, 0.3) is 0 Å². The molecule has 2 saturated heterocycles. The number of carbonyl (C=O) groups is 2. The van der Waals surface area contributed by atoms with Crippen molar-refractivity contribution in [3.05, 3.63) is 42.5 Å². The van der Waals surface area contributed by atoms with Crippen LogP contribution >= 0.6 is 0 Å². The number of carboxylic acid groups (broad SMARTS) is 1. The van der Waals surface area contributed by atoms with Crippen LogP contribution < -0.4 is 4.90 Å². The van der Waals surface area contributed by atoms with Crippen molar-refractivity contribution in [3.8, 4) is 0 Å². The fourth-order valence-corrected chi connectivity index (χ4v) is 3.86. The number of hydrogen-bond donors (Lipinski definition) is 1. The Hall–Kier alpha value is -2.95. The molecule has 1 spiro atoms. The third kappa shape index (κ3) is 5.15. The number of carboxylic acids is 1. The Morgan fingerprint density at radius 2 is 2.03 bits per heavy atom. The van der Waals surface area contributed by atoms with Gasteiger partial charge in [0.25, 0.3) is 0 Å². The molecule has 0 bridgehead atoms. The van der Waals surface area contributed by atoms with Crippen molar-refractivity contribution >= 4 is 17.6 Å². The zero-order chi connectivity index (χ0) is 21.9. The van der Waals surface area contributed by atoms with Gasteiger partial charge in [0.2, 0.25) is 5.91 Å². The van der Waals surface area contributed by atoms with Crippen molar-refractivity contribution in [1.29, 1.82) is 0 Å². The molecule has 0 saturated carbocycles. The minimum Gasteiger partial charge on any atom is -0.475 e. The number of rotatable bonds is 3. The molecular formula is C19H22F3N5O3. The van der Waals surface area contributed by atoms with Gasteiger partial charge in [-0.25, -0.2) is 4.79 Å². The maximum atomic E-state index is 12.5. The number of nitrogens with zero attached hydrogens (tertiary/aromatic N) is 5. The monoisotopic (exact) mass is 425 g/mol. The third-order valence-corrected chi connectivity index (χ3v) is 5.21. The number of carbonyl (C=O) groups excluding carboxylic acids is 1. The van der Waals surface area contributed by atoms with Gasteiger partial charge in [0.15, 0.2) is 0 Å². The van der Waals surface area contributed by atoms with E-state index >= 15 is 0 Å². The summed E-state index contributed by atoms with van der Waals surface area (Å²) in [4.78, 5) is 29.9. The first-order chi connectivity index (χ1) is 14.1. The van der Waals surface area contributed by atoms with Crippen LogP contribution in [0.2, 0.25) is 0 Å².